The SMILES string of the molecule is CC(C)c1nc(SCOC(=O)NC(C(=O)O)C(C)C)cs1. The topological polar surface area (TPSA) is 88.5 Å². The Kier molecular flexibility index (Phi) is 6.97. The number of thioether (sulfide) groups is 1. The fourth-order valence-electron chi connectivity index (χ4n) is 1.43. The van der Waals surface area contributed by atoms with Crippen molar-refractivity contribution >= 4 is 35.2 Å². The zero-order valence-corrected chi connectivity index (χ0v) is 14.1. The van der Waals surface area contributed by atoms with Crippen LogP contribution < -0.4 is 5.32 Å². The van der Waals surface area contributed by atoms with Gasteiger partial charge in [-0.05, 0) is 5.92 Å². The predicted octanol–water partition coefficient (Wildman–Crippen LogP) is 3.15. The number of carbonyl (C=O) groups is 2. The number of alkyl carbamates (subject to hydrolysis) is 1. The first-order chi connectivity index (χ1) is 9.81. The standard InChI is InChI=1S/C13H20N2O4S2/c1-7(2)10(12(16)17)15-13(18)19-6-21-9-5-20-11(14-9)8(3)4/h5,7-8,10H,6H2,1-4H3,(H,15,18)(H,16,17). The highest BCUT2D eigenvalue weighted by molar-refractivity contribution is 7.99. The molecule has 1 atom stereocenters. The number of nitrogens with zero attached hydrogens (tertiary/aromatic N) is 1. The third kappa shape index (κ3) is 5.92. The van der Waals surface area contributed by atoms with E-state index in [1.165, 1.54) is 11.8 Å². The predicted molar refractivity (Wildman–Crippen MR) is 82.8 cm³/mol. The van der Waals surface area contributed by atoms with Crippen LogP contribution in [0.3, 0.4) is 0 Å². The number of carboxylic acid groups (broad SMARTS) is 1. The minimum absolute atomic E-state index is 0.0948. The molecule has 0 aliphatic carbocycles. The summed E-state index contributed by atoms with van der Waals surface area (Å²) in [5.41, 5.74) is 0. The molecular formula is C13H20N2O4S2. The van der Waals surface area contributed by atoms with Crippen LogP contribution in [-0.4, -0.2) is 34.1 Å². The number of hydrogen-bond donors (Lipinski definition) is 2. The van der Waals surface area contributed by atoms with Crippen LogP contribution in [0.4, 0.5) is 4.79 Å². The quantitative estimate of drug-likeness (QED) is 0.589. The Balaban J connectivity index is 2.37. The molecule has 0 saturated carbocycles. The van der Waals surface area contributed by atoms with Crippen LogP contribution in [0.25, 0.3) is 0 Å². The molecule has 0 spiro atoms. The third-order valence-corrected chi connectivity index (χ3v) is 4.63. The molecule has 6 nitrogen and oxygen atoms in total. The number of thiazole rings is 1. The van der Waals surface area contributed by atoms with Crippen LogP contribution in [-0.2, 0) is 9.53 Å². The molecule has 1 rings (SSSR count). The van der Waals surface area contributed by atoms with E-state index in [4.69, 9.17) is 9.84 Å². The Morgan fingerprint density at radius 2 is 2.10 bits per heavy atom. The average molecular weight is 332 g/mol. The number of nitrogens with one attached hydrogen (secondary N) is 1. The number of hydrogen-bond acceptors (Lipinski definition) is 6. The molecular weight excluding hydrogens is 312 g/mol. The van der Waals surface area contributed by atoms with Gasteiger partial charge in [-0.15, -0.1) is 11.3 Å². The molecule has 2 N–H and O–H groups in total. The van der Waals surface area contributed by atoms with Crippen LogP contribution >= 0.6 is 23.1 Å². The lowest BCUT2D eigenvalue weighted by molar-refractivity contribution is -0.140. The van der Waals surface area contributed by atoms with Crippen molar-refractivity contribution in [1.29, 1.82) is 0 Å². The summed E-state index contributed by atoms with van der Waals surface area (Å²) in [6.07, 6.45) is -0.733. The molecule has 0 fully saturated rings. The smallest absolute Gasteiger partial charge is 0.408 e. The lowest BCUT2D eigenvalue weighted by atomic mass is 10.1. The summed E-state index contributed by atoms with van der Waals surface area (Å²) < 4.78 is 4.96. The first kappa shape index (κ1) is 17.8. The van der Waals surface area contributed by atoms with Gasteiger partial charge >= 0.3 is 12.1 Å². The van der Waals surface area contributed by atoms with E-state index in [1.54, 1.807) is 25.2 Å². The van der Waals surface area contributed by atoms with Crippen molar-refractivity contribution in [1.82, 2.24) is 10.3 Å². The Bertz CT molecular complexity index is 488. The monoisotopic (exact) mass is 332 g/mol. The van der Waals surface area contributed by atoms with E-state index in [0.29, 0.717) is 5.92 Å². The van der Waals surface area contributed by atoms with E-state index in [9.17, 15) is 9.59 Å². The second-order valence-electron chi connectivity index (χ2n) is 5.08. The van der Waals surface area contributed by atoms with Gasteiger partial charge in [-0.25, -0.2) is 14.6 Å². The normalized spacial score (nSPS) is 12.5. The molecule has 0 aromatic carbocycles. The fourth-order valence-corrected chi connectivity index (χ4v) is 3.05. The summed E-state index contributed by atoms with van der Waals surface area (Å²) in [5, 5.41) is 15.0. The van der Waals surface area contributed by atoms with Crippen molar-refractivity contribution in [3.8, 4) is 0 Å². The van der Waals surface area contributed by atoms with Gasteiger partial charge in [0, 0.05) is 11.3 Å². The van der Waals surface area contributed by atoms with Gasteiger partial charge < -0.3 is 15.2 Å². The minimum atomic E-state index is -1.07. The van der Waals surface area contributed by atoms with Crippen molar-refractivity contribution in [2.75, 3.05) is 5.94 Å². The van der Waals surface area contributed by atoms with E-state index in [-0.39, 0.29) is 11.9 Å². The van der Waals surface area contributed by atoms with Crippen LogP contribution in [0.5, 0.6) is 0 Å². The van der Waals surface area contributed by atoms with Crippen LogP contribution in [0.15, 0.2) is 10.4 Å². The maximum absolute atomic E-state index is 11.5. The van der Waals surface area contributed by atoms with Gasteiger partial charge in [-0.1, -0.05) is 39.5 Å². The lowest BCUT2D eigenvalue weighted by Crippen LogP contribution is -2.44. The summed E-state index contributed by atoms with van der Waals surface area (Å²) in [6, 6.07) is -0.950. The maximum atomic E-state index is 11.5. The highest BCUT2D eigenvalue weighted by atomic mass is 32.2. The summed E-state index contributed by atoms with van der Waals surface area (Å²) >= 11 is 2.87. The zero-order valence-electron chi connectivity index (χ0n) is 12.5. The largest absolute Gasteiger partial charge is 0.480 e. The highest BCUT2D eigenvalue weighted by Gasteiger charge is 2.24. The van der Waals surface area contributed by atoms with Gasteiger partial charge in [0.1, 0.15) is 17.0 Å². The van der Waals surface area contributed by atoms with E-state index in [1.807, 2.05) is 5.38 Å². The van der Waals surface area contributed by atoms with Crippen molar-refractivity contribution in [3.05, 3.63) is 10.4 Å². The van der Waals surface area contributed by atoms with Crippen LogP contribution in [0.2, 0.25) is 0 Å². The van der Waals surface area contributed by atoms with Gasteiger partial charge in [0.15, 0.2) is 0 Å². The molecule has 1 unspecified atom stereocenters. The lowest BCUT2D eigenvalue weighted by Gasteiger charge is -2.17. The summed E-state index contributed by atoms with van der Waals surface area (Å²) in [5.74, 6) is -0.821. The highest BCUT2D eigenvalue weighted by Crippen LogP contribution is 2.25. The van der Waals surface area contributed by atoms with Crippen molar-refractivity contribution in [2.45, 2.75) is 44.7 Å². The Morgan fingerprint density at radius 3 is 2.57 bits per heavy atom. The molecule has 0 radical (unpaired) electrons. The molecule has 0 saturated heterocycles. The zero-order chi connectivity index (χ0) is 16.0. The van der Waals surface area contributed by atoms with Gasteiger partial charge in [-0.2, -0.15) is 0 Å². The summed E-state index contributed by atoms with van der Waals surface area (Å²) in [7, 11) is 0. The molecule has 1 amide bonds. The van der Waals surface area contributed by atoms with Crippen LogP contribution in [0, 0.1) is 5.92 Å². The first-order valence-electron chi connectivity index (χ1n) is 6.55. The van der Waals surface area contributed by atoms with Gasteiger partial charge in [0.25, 0.3) is 0 Å². The van der Waals surface area contributed by atoms with Crippen molar-refractivity contribution in [2.24, 2.45) is 5.92 Å². The number of carbonyl (C=O) groups excluding carboxylic acids is 1. The molecule has 1 aromatic heterocycles. The maximum Gasteiger partial charge on any atom is 0.408 e. The molecule has 0 bridgehead atoms. The molecule has 21 heavy (non-hydrogen) atoms. The van der Waals surface area contributed by atoms with E-state index < -0.39 is 18.1 Å². The molecule has 0 aliphatic heterocycles. The molecule has 8 heteroatoms. The average Bonchev–Trinajstić information content (AvgIpc) is 2.84. The van der Waals surface area contributed by atoms with Gasteiger partial charge in [-0.3, -0.25) is 0 Å². The number of carboxylic acids is 1. The van der Waals surface area contributed by atoms with Crippen LogP contribution in [0.1, 0.15) is 38.6 Å². The number of amides is 1. The summed E-state index contributed by atoms with van der Waals surface area (Å²) in [4.78, 5) is 26.9. The second-order valence-corrected chi connectivity index (χ2v) is 6.91. The van der Waals surface area contributed by atoms with E-state index in [0.717, 1.165) is 10.0 Å². The molecule has 1 heterocycles. The van der Waals surface area contributed by atoms with Crippen molar-refractivity contribution in [3.63, 3.8) is 0 Å². The third-order valence-electron chi connectivity index (χ3n) is 2.60. The van der Waals surface area contributed by atoms with E-state index >= 15 is 0 Å². The number of aliphatic carboxylic acids is 1. The number of aromatic nitrogens is 1. The number of rotatable bonds is 7. The minimum Gasteiger partial charge on any atom is -0.480 e. The summed E-state index contributed by atoms with van der Waals surface area (Å²) in [6.45, 7) is 7.57. The second kappa shape index (κ2) is 8.23. The van der Waals surface area contributed by atoms with Gasteiger partial charge in [0.05, 0.1) is 5.01 Å². The first-order valence-corrected chi connectivity index (χ1v) is 8.42. The number of ether oxygens (including phenoxy) is 1. The Morgan fingerprint density at radius 1 is 1.43 bits per heavy atom. The van der Waals surface area contributed by atoms with E-state index in [2.05, 4.69) is 24.1 Å². The molecule has 118 valence electrons. The molecule has 1 aromatic rings. The Labute approximate surface area is 132 Å². The Hall–Kier alpha value is -1.28. The fraction of sp³-hybridized carbons (Fsp3) is 0.615. The van der Waals surface area contributed by atoms with Crippen molar-refractivity contribution < 1.29 is 19.4 Å². The van der Waals surface area contributed by atoms with Gasteiger partial charge in [0.2, 0.25) is 0 Å². The molecule has 0 aliphatic rings.